The van der Waals surface area contributed by atoms with Crippen LogP contribution >= 0.6 is 0 Å². The van der Waals surface area contributed by atoms with Crippen molar-refractivity contribution in [2.75, 3.05) is 13.2 Å². The van der Waals surface area contributed by atoms with Crippen molar-refractivity contribution in [1.29, 1.82) is 0 Å². The van der Waals surface area contributed by atoms with Crippen LogP contribution in [0.2, 0.25) is 0 Å². The normalized spacial score (nSPS) is 40.6. The van der Waals surface area contributed by atoms with E-state index in [2.05, 4.69) is 39.9 Å². The first-order chi connectivity index (χ1) is 8.86. The fourth-order valence-corrected chi connectivity index (χ4v) is 3.69. The smallest absolute Gasteiger partial charge is 0.0664 e. The molecule has 2 heterocycles. The molecule has 1 N–H and O–H groups in total. The van der Waals surface area contributed by atoms with Gasteiger partial charge in [-0.2, -0.15) is 0 Å². The molecule has 0 aromatic carbocycles. The van der Waals surface area contributed by atoms with E-state index in [4.69, 9.17) is 9.47 Å². The van der Waals surface area contributed by atoms with Gasteiger partial charge in [-0.15, -0.1) is 0 Å². The van der Waals surface area contributed by atoms with Gasteiger partial charge in [-0.25, -0.2) is 0 Å². The molecular formula is C16H31NO2. The zero-order chi connectivity index (χ0) is 14.0. The molecule has 0 saturated carbocycles. The maximum atomic E-state index is 5.95. The predicted octanol–water partition coefficient (Wildman–Crippen LogP) is 2.98. The standard InChI is InChI=1S/C16H31NO2/c1-11-8-14(9-12(2)19-11)17-10-13-6-7-18-15(13)16(3,4)5/h11-15,17H,6-10H2,1-5H3/t11?,12?,13-,14?,15+/m1/s1. The molecule has 112 valence electrons. The van der Waals surface area contributed by atoms with E-state index in [1.54, 1.807) is 0 Å². The third-order valence-electron chi connectivity index (χ3n) is 4.43. The van der Waals surface area contributed by atoms with Gasteiger partial charge in [0.05, 0.1) is 18.3 Å². The molecule has 2 aliphatic heterocycles. The van der Waals surface area contributed by atoms with Gasteiger partial charge in [0.25, 0.3) is 0 Å². The summed E-state index contributed by atoms with van der Waals surface area (Å²) in [7, 11) is 0. The molecule has 0 radical (unpaired) electrons. The summed E-state index contributed by atoms with van der Waals surface area (Å²) in [6.07, 6.45) is 4.65. The summed E-state index contributed by atoms with van der Waals surface area (Å²) in [6, 6.07) is 0.611. The van der Waals surface area contributed by atoms with Crippen molar-refractivity contribution < 1.29 is 9.47 Å². The highest BCUT2D eigenvalue weighted by Gasteiger charge is 2.37. The van der Waals surface area contributed by atoms with Crippen molar-refractivity contribution >= 4 is 0 Å². The molecule has 2 unspecified atom stereocenters. The number of rotatable bonds is 3. The number of hydrogen-bond donors (Lipinski definition) is 1. The molecule has 0 aromatic rings. The zero-order valence-electron chi connectivity index (χ0n) is 13.2. The molecule has 0 spiro atoms. The third kappa shape index (κ3) is 4.17. The number of nitrogens with one attached hydrogen (secondary N) is 1. The number of hydrogen-bond acceptors (Lipinski definition) is 3. The largest absolute Gasteiger partial charge is 0.377 e. The highest BCUT2D eigenvalue weighted by molar-refractivity contribution is 4.88. The molecule has 0 aromatic heterocycles. The summed E-state index contributed by atoms with van der Waals surface area (Å²) in [5.74, 6) is 0.661. The summed E-state index contributed by atoms with van der Waals surface area (Å²) in [6.45, 7) is 13.2. The minimum Gasteiger partial charge on any atom is -0.377 e. The van der Waals surface area contributed by atoms with E-state index in [1.807, 2.05) is 0 Å². The molecule has 0 aliphatic carbocycles. The van der Waals surface area contributed by atoms with E-state index in [0.717, 1.165) is 26.0 Å². The van der Waals surface area contributed by atoms with Crippen molar-refractivity contribution in [3.63, 3.8) is 0 Å². The van der Waals surface area contributed by atoms with Crippen LogP contribution in [0.1, 0.15) is 53.9 Å². The van der Waals surface area contributed by atoms with Crippen LogP contribution in [0.3, 0.4) is 0 Å². The molecule has 19 heavy (non-hydrogen) atoms. The Morgan fingerprint density at radius 1 is 1.11 bits per heavy atom. The Bertz CT molecular complexity index is 277. The molecule has 3 heteroatoms. The SMILES string of the molecule is CC1CC(NC[C@H]2CCO[C@@H]2C(C)(C)C)CC(C)O1. The van der Waals surface area contributed by atoms with Gasteiger partial charge in [-0.1, -0.05) is 20.8 Å². The fourth-order valence-electron chi connectivity index (χ4n) is 3.69. The van der Waals surface area contributed by atoms with Crippen molar-refractivity contribution in [2.24, 2.45) is 11.3 Å². The number of ether oxygens (including phenoxy) is 2. The van der Waals surface area contributed by atoms with E-state index in [0.29, 0.717) is 30.3 Å². The lowest BCUT2D eigenvalue weighted by Gasteiger charge is -2.35. The molecule has 2 rings (SSSR count). The predicted molar refractivity (Wildman–Crippen MR) is 78.3 cm³/mol. The van der Waals surface area contributed by atoms with E-state index < -0.39 is 0 Å². The summed E-state index contributed by atoms with van der Waals surface area (Å²) in [5, 5.41) is 3.77. The minimum atomic E-state index is 0.249. The van der Waals surface area contributed by atoms with Gasteiger partial charge in [-0.05, 0) is 38.5 Å². The van der Waals surface area contributed by atoms with Gasteiger partial charge >= 0.3 is 0 Å². The van der Waals surface area contributed by atoms with Gasteiger partial charge in [0.1, 0.15) is 0 Å². The van der Waals surface area contributed by atoms with Gasteiger partial charge in [0.2, 0.25) is 0 Å². The Labute approximate surface area is 118 Å². The lowest BCUT2D eigenvalue weighted by molar-refractivity contribution is -0.0439. The Balaban J connectivity index is 1.81. The quantitative estimate of drug-likeness (QED) is 0.854. The average Bonchev–Trinajstić information content (AvgIpc) is 2.72. The Hall–Kier alpha value is -0.120. The van der Waals surface area contributed by atoms with Crippen molar-refractivity contribution in [3.8, 4) is 0 Å². The van der Waals surface area contributed by atoms with Crippen LogP contribution in [-0.4, -0.2) is 37.5 Å². The van der Waals surface area contributed by atoms with Crippen molar-refractivity contribution in [1.82, 2.24) is 5.32 Å². The second-order valence-corrected chi connectivity index (χ2v) is 7.54. The van der Waals surface area contributed by atoms with E-state index in [1.165, 1.54) is 6.42 Å². The fraction of sp³-hybridized carbons (Fsp3) is 1.00. The Kier molecular flexibility index (Phi) is 4.91. The lowest BCUT2D eigenvalue weighted by Crippen LogP contribution is -2.45. The second-order valence-electron chi connectivity index (χ2n) is 7.54. The zero-order valence-corrected chi connectivity index (χ0v) is 13.2. The van der Waals surface area contributed by atoms with E-state index >= 15 is 0 Å². The topological polar surface area (TPSA) is 30.5 Å². The minimum absolute atomic E-state index is 0.249. The van der Waals surface area contributed by atoms with Crippen LogP contribution in [0.15, 0.2) is 0 Å². The highest BCUT2D eigenvalue weighted by atomic mass is 16.5. The Morgan fingerprint density at radius 3 is 2.32 bits per heavy atom. The molecule has 2 aliphatic rings. The Morgan fingerprint density at radius 2 is 1.74 bits per heavy atom. The molecule has 0 bridgehead atoms. The van der Waals surface area contributed by atoms with Crippen LogP contribution in [0.4, 0.5) is 0 Å². The van der Waals surface area contributed by atoms with Crippen molar-refractivity contribution in [3.05, 3.63) is 0 Å². The first-order valence-corrected chi connectivity index (χ1v) is 7.86. The monoisotopic (exact) mass is 269 g/mol. The molecule has 3 nitrogen and oxygen atoms in total. The second kappa shape index (κ2) is 6.11. The van der Waals surface area contributed by atoms with Crippen LogP contribution in [-0.2, 0) is 9.47 Å². The van der Waals surface area contributed by atoms with E-state index in [9.17, 15) is 0 Å². The lowest BCUT2D eigenvalue weighted by atomic mass is 9.81. The first-order valence-electron chi connectivity index (χ1n) is 7.86. The maximum absolute atomic E-state index is 5.95. The van der Waals surface area contributed by atoms with Gasteiger partial charge in [0.15, 0.2) is 0 Å². The molecule has 2 fully saturated rings. The average molecular weight is 269 g/mol. The third-order valence-corrected chi connectivity index (χ3v) is 4.43. The highest BCUT2D eigenvalue weighted by Crippen LogP contribution is 2.34. The first kappa shape index (κ1) is 15.3. The van der Waals surface area contributed by atoms with Gasteiger partial charge in [-0.3, -0.25) is 0 Å². The van der Waals surface area contributed by atoms with Crippen LogP contribution in [0, 0.1) is 11.3 Å². The summed E-state index contributed by atoms with van der Waals surface area (Å²) >= 11 is 0. The summed E-state index contributed by atoms with van der Waals surface area (Å²) in [5.41, 5.74) is 0.249. The molecular weight excluding hydrogens is 238 g/mol. The van der Waals surface area contributed by atoms with Crippen LogP contribution < -0.4 is 5.32 Å². The van der Waals surface area contributed by atoms with Crippen molar-refractivity contribution in [2.45, 2.75) is 78.2 Å². The van der Waals surface area contributed by atoms with Crippen LogP contribution in [0.25, 0.3) is 0 Å². The van der Waals surface area contributed by atoms with Crippen LogP contribution in [0.5, 0.6) is 0 Å². The molecule has 2 saturated heterocycles. The molecule has 4 atom stereocenters. The molecule has 0 amide bonds. The summed E-state index contributed by atoms with van der Waals surface area (Å²) in [4.78, 5) is 0. The van der Waals surface area contributed by atoms with Gasteiger partial charge < -0.3 is 14.8 Å². The summed E-state index contributed by atoms with van der Waals surface area (Å²) < 4.78 is 11.7. The van der Waals surface area contributed by atoms with E-state index in [-0.39, 0.29) is 5.41 Å². The van der Waals surface area contributed by atoms with Gasteiger partial charge in [0, 0.05) is 25.1 Å². The maximum Gasteiger partial charge on any atom is 0.0664 e.